The van der Waals surface area contributed by atoms with Crippen molar-refractivity contribution in [2.75, 3.05) is 13.7 Å². The lowest BCUT2D eigenvalue weighted by atomic mass is 9.75. The number of nitriles is 1. The van der Waals surface area contributed by atoms with Gasteiger partial charge in [0.2, 0.25) is 5.91 Å². The summed E-state index contributed by atoms with van der Waals surface area (Å²) in [6.07, 6.45) is -6.66. The Morgan fingerprint density at radius 2 is 2.00 bits per heavy atom. The van der Waals surface area contributed by atoms with E-state index in [0.717, 1.165) is 18.2 Å². The van der Waals surface area contributed by atoms with E-state index in [4.69, 9.17) is 22.1 Å². The van der Waals surface area contributed by atoms with Gasteiger partial charge in [-0.25, -0.2) is 8.42 Å². The summed E-state index contributed by atoms with van der Waals surface area (Å²) in [5.41, 5.74) is 1.71. The van der Waals surface area contributed by atoms with E-state index in [-0.39, 0.29) is 18.6 Å². The van der Waals surface area contributed by atoms with E-state index >= 15 is 0 Å². The molecule has 1 aromatic rings. The molecule has 1 amide bonds. The molecule has 0 aromatic heterocycles. The number of carbonyl (C=O) groups excluding carboxylic acids is 1. The molecule has 0 bridgehead atoms. The van der Waals surface area contributed by atoms with E-state index < -0.39 is 78.9 Å². The summed E-state index contributed by atoms with van der Waals surface area (Å²) >= 11 is 6.04. The second kappa shape index (κ2) is 8.58. The first kappa shape index (κ1) is 26.1. The van der Waals surface area contributed by atoms with Crippen LogP contribution in [-0.4, -0.2) is 56.6 Å². The standard InChI is InChI=1S/C20H20ClF3N2O7S/c1-32-15-5-11(6-19(15,17(28)29)14-7-18(14,8-25)16(26)27)34(30,31)13-3-2-10(4-12(13)21)33-9-20(22,23)24/h2-4,11,14-15H,5-7,9H2,1H3,(H2,26,27)(H,28,29)/t11-,14?,15+,18?,19+/m1/s1. The van der Waals surface area contributed by atoms with Gasteiger partial charge in [0, 0.05) is 19.1 Å². The van der Waals surface area contributed by atoms with Crippen molar-refractivity contribution in [1.82, 2.24) is 0 Å². The molecule has 186 valence electrons. The smallest absolute Gasteiger partial charge is 0.422 e. The third-order valence-corrected chi connectivity index (χ3v) is 9.20. The number of aliphatic carboxylic acids is 1. The van der Waals surface area contributed by atoms with Crippen LogP contribution in [0.15, 0.2) is 23.1 Å². The summed E-state index contributed by atoms with van der Waals surface area (Å²) in [6.45, 7) is -1.60. The Kier molecular flexibility index (Phi) is 6.58. The third kappa shape index (κ3) is 4.18. The Morgan fingerprint density at radius 3 is 2.44 bits per heavy atom. The zero-order chi connectivity index (χ0) is 25.7. The van der Waals surface area contributed by atoms with E-state index in [2.05, 4.69) is 4.74 Å². The molecule has 2 aliphatic carbocycles. The second-order valence-corrected chi connectivity index (χ2v) is 11.0. The first-order valence-electron chi connectivity index (χ1n) is 9.86. The molecule has 0 radical (unpaired) electrons. The molecule has 34 heavy (non-hydrogen) atoms. The van der Waals surface area contributed by atoms with Crippen molar-refractivity contribution in [2.24, 2.45) is 22.5 Å². The Bertz CT molecular complexity index is 1170. The lowest BCUT2D eigenvalue weighted by molar-refractivity contribution is -0.159. The number of sulfone groups is 1. The van der Waals surface area contributed by atoms with Gasteiger partial charge >= 0.3 is 12.1 Å². The van der Waals surface area contributed by atoms with Crippen molar-refractivity contribution >= 4 is 33.3 Å². The van der Waals surface area contributed by atoms with E-state index in [1.54, 1.807) is 6.07 Å². The number of primary amides is 1. The molecule has 0 saturated heterocycles. The molecule has 9 nitrogen and oxygen atoms in total. The quantitative estimate of drug-likeness (QED) is 0.524. The molecular weight excluding hydrogens is 505 g/mol. The zero-order valence-corrected chi connectivity index (χ0v) is 19.2. The Labute approximate surface area is 197 Å². The molecule has 0 spiro atoms. The SMILES string of the molecule is CO[C@H]1C[C@@H](S(=O)(=O)c2ccc(OCC(F)(F)F)cc2Cl)C[C@]1(C(=O)O)C1CC1(C#N)C(N)=O. The summed E-state index contributed by atoms with van der Waals surface area (Å²) in [4.78, 5) is 23.9. The van der Waals surface area contributed by atoms with E-state index in [1.807, 2.05) is 0 Å². The maximum absolute atomic E-state index is 13.4. The third-order valence-electron chi connectivity index (χ3n) is 6.57. The van der Waals surface area contributed by atoms with Crippen LogP contribution in [0.2, 0.25) is 5.02 Å². The van der Waals surface area contributed by atoms with Gasteiger partial charge in [-0.3, -0.25) is 9.59 Å². The summed E-state index contributed by atoms with van der Waals surface area (Å²) in [7, 11) is -3.11. The molecule has 2 unspecified atom stereocenters. The largest absolute Gasteiger partial charge is 0.484 e. The van der Waals surface area contributed by atoms with Gasteiger partial charge in [-0.05, 0) is 31.4 Å². The van der Waals surface area contributed by atoms with E-state index in [1.165, 1.54) is 7.11 Å². The maximum Gasteiger partial charge on any atom is 0.422 e. The van der Waals surface area contributed by atoms with Gasteiger partial charge in [0.05, 0.1) is 27.3 Å². The molecule has 2 saturated carbocycles. The predicted molar refractivity (Wildman–Crippen MR) is 109 cm³/mol. The van der Waals surface area contributed by atoms with E-state index in [9.17, 15) is 41.5 Å². The molecule has 5 atom stereocenters. The van der Waals surface area contributed by atoms with Crippen molar-refractivity contribution in [2.45, 2.75) is 41.7 Å². The van der Waals surface area contributed by atoms with Crippen LogP contribution >= 0.6 is 11.6 Å². The van der Waals surface area contributed by atoms with Crippen molar-refractivity contribution in [1.29, 1.82) is 5.26 Å². The van der Waals surface area contributed by atoms with Gasteiger partial charge in [-0.1, -0.05) is 11.6 Å². The number of nitrogens with two attached hydrogens (primary N) is 1. The minimum atomic E-state index is -4.61. The van der Waals surface area contributed by atoms with Crippen LogP contribution in [0.1, 0.15) is 19.3 Å². The van der Waals surface area contributed by atoms with E-state index in [0.29, 0.717) is 0 Å². The van der Waals surface area contributed by atoms with Crippen molar-refractivity contribution in [3.8, 4) is 11.8 Å². The normalized spacial score (nSPS) is 31.0. The van der Waals surface area contributed by atoms with Crippen molar-refractivity contribution in [3.63, 3.8) is 0 Å². The number of hydrogen-bond donors (Lipinski definition) is 2. The number of rotatable bonds is 8. The molecule has 2 fully saturated rings. The maximum atomic E-state index is 13.4. The number of nitrogens with zero attached hydrogens (tertiary/aromatic N) is 1. The minimum absolute atomic E-state index is 0.149. The highest BCUT2D eigenvalue weighted by atomic mass is 35.5. The van der Waals surface area contributed by atoms with Gasteiger partial charge in [-0.15, -0.1) is 0 Å². The van der Waals surface area contributed by atoms with Crippen LogP contribution in [0.25, 0.3) is 0 Å². The Balaban J connectivity index is 1.94. The number of carboxylic acids is 1. The number of halogens is 4. The molecule has 14 heteroatoms. The number of carbonyl (C=O) groups is 2. The van der Waals surface area contributed by atoms with Crippen LogP contribution in [0, 0.1) is 28.1 Å². The van der Waals surface area contributed by atoms with Crippen molar-refractivity contribution in [3.05, 3.63) is 23.2 Å². The fraction of sp³-hybridized carbons (Fsp3) is 0.550. The fourth-order valence-corrected chi connectivity index (χ4v) is 7.17. The highest BCUT2D eigenvalue weighted by Crippen LogP contribution is 2.66. The number of ether oxygens (including phenoxy) is 2. The number of carboxylic acid groups (broad SMARTS) is 1. The van der Waals surface area contributed by atoms with Gasteiger partial charge in [0.1, 0.15) is 16.6 Å². The molecular formula is C20H20ClF3N2O7S. The molecule has 0 heterocycles. The summed E-state index contributed by atoms with van der Waals surface area (Å²) in [6, 6.07) is 4.67. The van der Waals surface area contributed by atoms with Crippen LogP contribution in [0.3, 0.4) is 0 Å². The Morgan fingerprint density at radius 1 is 1.35 bits per heavy atom. The predicted octanol–water partition coefficient (Wildman–Crippen LogP) is 2.32. The fourth-order valence-electron chi connectivity index (χ4n) is 4.81. The highest BCUT2D eigenvalue weighted by Gasteiger charge is 2.75. The lowest BCUT2D eigenvalue weighted by Crippen LogP contribution is -2.44. The second-order valence-electron chi connectivity index (χ2n) is 8.38. The summed E-state index contributed by atoms with van der Waals surface area (Å²) in [5, 5.41) is 17.8. The van der Waals surface area contributed by atoms with Crippen LogP contribution in [0.5, 0.6) is 5.75 Å². The topological polar surface area (TPSA) is 157 Å². The number of methoxy groups -OCH3 is 1. The average molecular weight is 525 g/mol. The Hall–Kier alpha value is -2.56. The number of alkyl halides is 3. The van der Waals surface area contributed by atoms with Crippen LogP contribution in [-0.2, 0) is 24.2 Å². The van der Waals surface area contributed by atoms with Gasteiger partial charge in [-0.2, -0.15) is 18.4 Å². The summed E-state index contributed by atoms with van der Waals surface area (Å²) < 4.78 is 73.7. The van der Waals surface area contributed by atoms with Crippen LogP contribution in [0.4, 0.5) is 13.2 Å². The zero-order valence-electron chi connectivity index (χ0n) is 17.6. The van der Waals surface area contributed by atoms with Gasteiger partial charge in [0.25, 0.3) is 0 Å². The number of hydrogen-bond acceptors (Lipinski definition) is 7. The molecule has 3 rings (SSSR count). The number of amides is 1. The molecule has 0 aliphatic heterocycles. The first-order chi connectivity index (χ1) is 15.7. The number of benzene rings is 1. The summed E-state index contributed by atoms with van der Waals surface area (Å²) in [5.74, 6) is -3.79. The van der Waals surface area contributed by atoms with Crippen molar-refractivity contribution < 1.29 is 45.8 Å². The highest BCUT2D eigenvalue weighted by molar-refractivity contribution is 7.92. The lowest BCUT2D eigenvalue weighted by Gasteiger charge is -2.31. The monoisotopic (exact) mass is 524 g/mol. The average Bonchev–Trinajstić information content (AvgIpc) is 3.36. The molecule has 2 aliphatic rings. The molecule has 1 aromatic carbocycles. The van der Waals surface area contributed by atoms with Crippen LogP contribution < -0.4 is 10.5 Å². The first-order valence-corrected chi connectivity index (χ1v) is 11.8. The van der Waals surface area contributed by atoms with Gasteiger partial charge in [0.15, 0.2) is 16.4 Å². The minimum Gasteiger partial charge on any atom is -0.484 e. The molecule has 3 N–H and O–H groups in total. The van der Waals surface area contributed by atoms with Gasteiger partial charge < -0.3 is 20.3 Å².